The summed E-state index contributed by atoms with van der Waals surface area (Å²) in [6, 6.07) is 4.79. The van der Waals surface area contributed by atoms with Crippen LogP contribution in [0.2, 0.25) is 5.02 Å². The van der Waals surface area contributed by atoms with Gasteiger partial charge in [-0.25, -0.2) is 0 Å². The summed E-state index contributed by atoms with van der Waals surface area (Å²) in [5.74, 6) is -0.282. The molecule has 2 amide bonds. The van der Waals surface area contributed by atoms with Crippen LogP contribution in [0.15, 0.2) is 18.2 Å². The summed E-state index contributed by atoms with van der Waals surface area (Å²) in [4.78, 5) is 23.7. The third kappa shape index (κ3) is 6.32. The molecule has 1 aromatic rings. The Balaban J connectivity index is 2.64. The average molecular weight is 329 g/mol. The van der Waals surface area contributed by atoms with Gasteiger partial charge in [-0.15, -0.1) is 0 Å². The van der Waals surface area contributed by atoms with E-state index in [0.717, 1.165) is 0 Å². The molecule has 1 rings (SSSR count). The largest absolute Gasteiger partial charge is 0.490 e. The van der Waals surface area contributed by atoms with Crippen LogP contribution in [-0.4, -0.2) is 44.7 Å². The number of methoxy groups -OCH3 is 1. The molecule has 122 valence electrons. The number of ether oxygens (including phenoxy) is 2. The van der Waals surface area contributed by atoms with E-state index in [2.05, 4.69) is 10.6 Å². The Morgan fingerprint density at radius 1 is 1.27 bits per heavy atom. The molecule has 0 aliphatic carbocycles. The monoisotopic (exact) mass is 328 g/mol. The van der Waals surface area contributed by atoms with Gasteiger partial charge in [-0.3, -0.25) is 9.59 Å². The zero-order valence-electron chi connectivity index (χ0n) is 12.9. The molecule has 6 nitrogen and oxygen atoms in total. The van der Waals surface area contributed by atoms with E-state index >= 15 is 0 Å². The zero-order valence-corrected chi connectivity index (χ0v) is 13.7. The smallest absolute Gasteiger partial charge is 0.255 e. The second-order valence-corrected chi connectivity index (χ2v) is 5.27. The molecule has 0 saturated heterocycles. The summed E-state index contributed by atoms with van der Waals surface area (Å²) < 4.78 is 10.4. The molecule has 0 aliphatic rings. The minimum atomic E-state index is -0.417. The first-order chi connectivity index (χ1) is 10.4. The van der Waals surface area contributed by atoms with Crippen molar-refractivity contribution in [3.05, 3.63) is 28.8 Å². The second kappa shape index (κ2) is 9.27. The Bertz CT molecular complexity index is 520. The van der Waals surface area contributed by atoms with Crippen molar-refractivity contribution in [1.29, 1.82) is 0 Å². The van der Waals surface area contributed by atoms with Crippen LogP contribution >= 0.6 is 11.6 Å². The Labute approximate surface area is 135 Å². The van der Waals surface area contributed by atoms with E-state index in [1.165, 1.54) is 6.07 Å². The summed E-state index contributed by atoms with van der Waals surface area (Å²) >= 11 is 5.92. The second-order valence-electron chi connectivity index (χ2n) is 4.83. The van der Waals surface area contributed by atoms with Crippen LogP contribution in [0.1, 0.15) is 24.2 Å². The molecule has 0 unspecified atom stereocenters. The van der Waals surface area contributed by atoms with Crippen molar-refractivity contribution in [3.8, 4) is 5.75 Å². The SMILES string of the molecule is COCCNC(=O)CNC(=O)c1cc(Cl)ccc1OC(C)C. The molecule has 0 aromatic heterocycles. The summed E-state index contributed by atoms with van der Waals surface area (Å²) in [6.07, 6.45) is -0.0786. The molecular formula is C15H21ClN2O4. The molecule has 0 aliphatic heterocycles. The van der Waals surface area contributed by atoms with Crippen LogP contribution in [0.3, 0.4) is 0 Å². The highest BCUT2D eigenvalue weighted by Gasteiger charge is 2.15. The molecule has 7 heteroatoms. The molecule has 1 aromatic carbocycles. The van der Waals surface area contributed by atoms with Crippen LogP contribution in [-0.2, 0) is 9.53 Å². The standard InChI is InChI=1S/C15H21ClN2O4/c1-10(2)22-13-5-4-11(16)8-12(13)15(20)18-9-14(19)17-6-7-21-3/h4-5,8,10H,6-7,9H2,1-3H3,(H,17,19)(H,18,20). The van der Waals surface area contributed by atoms with Gasteiger partial charge in [-0.1, -0.05) is 11.6 Å². The Morgan fingerprint density at radius 2 is 2.00 bits per heavy atom. The molecule has 0 radical (unpaired) electrons. The third-order valence-electron chi connectivity index (χ3n) is 2.59. The lowest BCUT2D eigenvalue weighted by Crippen LogP contribution is -2.38. The van der Waals surface area contributed by atoms with Gasteiger partial charge in [0, 0.05) is 18.7 Å². The van der Waals surface area contributed by atoms with Crippen molar-refractivity contribution >= 4 is 23.4 Å². The van der Waals surface area contributed by atoms with Crippen molar-refractivity contribution < 1.29 is 19.1 Å². The molecule has 0 spiro atoms. The number of benzene rings is 1. The summed E-state index contributed by atoms with van der Waals surface area (Å²) in [5.41, 5.74) is 0.297. The van der Waals surface area contributed by atoms with Gasteiger partial charge < -0.3 is 20.1 Å². The Hall–Kier alpha value is -1.79. The maximum absolute atomic E-state index is 12.2. The predicted molar refractivity (Wildman–Crippen MR) is 84.4 cm³/mol. The molecule has 22 heavy (non-hydrogen) atoms. The van der Waals surface area contributed by atoms with E-state index in [9.17, 15) is 9.59 Å². The number of hydrogen-bond acceptors (Lipinski definition) is 4. The average Bonchev–Trinajstić information content (AvgIpc) is 2.46. The summed E-state index contributed by atoms with van der Waals surface area (Å²) in [7, 11) is 1.54. The quantitative estimate of drug-likeness (QED) is 0.711. The number of carbonyl (C=O) groups is 2. The lowest BCUT2D eigenvalue weighted by molar-refractivity contribution is -0.120. The van der Waals surface area contributed by atoms with Gasteiger partial charge in [-0.05, 0) is 32.0 Å². The number of amides is 2. The number of carbonyl (C=O) groups excluding carboxylic acids is 2. The first-order valence-corrected chi connectivity index (χ1v) is 7.32. The van der Waals surface area contributed by atoms with Crippen LogP contribution in [0, 0.1) is 0 Å². The van der Waals surface area contributed by atoms with Crippen LogP contribution in [0.5, 0.6) is 5.75 Å². The highest BCUT2D eigenvalue weighted by molar-refractivity contribution is 6.31. The lowest BCUT2D eigenvalue weighted by Gasteiger charge is -2.14. The molecular weight excluding hydrogens is 308 g/mol. The van der Waals surface area contributed by atoms with Crippen LogP contribution < -0.4 is 15.4 Å². The first kappa shape index (κ1) is 18.3. The van der Waals surface area contributed by atoms with Crippen molar-refractivity contribution in [3.63, 3.8) is 0 Å². The van der Waals surface area contributed by atoms with Gasteiger partial charge in [0.2, 0.25) is 5.91 Å². The number of hydrogen-bond donors (Lipinski definition) is 2. The highest BCUT2D eigenvalue weighted by Crippen LogP contribution is 2.23. The fourth-order valence-electron chi connectivity index (χ4n) is 1.65. The molecule has 0 atom stereocenters. The molecule has 0 fully saturated rings. The predicted octanol–water partition coefficient (Wildman–Crippen LogP) is 1.62. The van der Waals surface area contributed by atoms with Gasteiger partial charge in [0.1, 0.15) is 5.75 Å². The highest BCUT2D eigenvalue weighted by atomic mass is 35.5. The van der Waals surface area contributed by atoms with Crippen LogP contribution in [0.25, 0.3) is 0 Å². The van der Waals surface area contributed by atoms with E-state index in [1.807, 2.05) is 13.8 Å². The molecule has 2 N–H and O–H groups in total. The van der Waals surface area contributed by atoms with Crippen LogP contribution in [0.4, 0.5) is 0 Å². The molecule has 0 heterocycles. The third-order valence-corrected chi connectivity index (χ3v) is 2.82. The first-order valence-electron chi connectivity index (χ1n) is 6.94. The Morgan fingerprint density at radius 3 is 2.64 bits per heavy atom. The van der Waals surface area contributed by atoms with Crippen molar-refractivity contribution in [2.75, 3.05) is 26.8 Å². The van der Waals surface area contributed by atoms with E-state index in [0.29, 0.717) is 29.5 Å². The van der Waals surface area contributed by atoms with Gasteiger partial charge in [-0.2, -0.15) is 0 Å². The van der Waals surface area contributed by atoms with Gasteiger partial charge in [0.05, 0.1) is 24.8 Å². The Kier molecular flexibility index (Phi) is 7.70. The molecule has 0 saturated carbocycles. The topological polar surface area (TPSA) is 76.7 Å². The van der Waals surface area contributed by atoms with Gasteiger partial charge >= 0.3 is 0 Å². The number of halogens is 1. The maximum Gasteiger partial charge on any atom is 0.255 e. The van der Waals surface area contributed by atoms with Crippen molar-refractivity contribution in [2.24, 2.45) is 0 Å². The van der Waals surface area contributed by atoms with E-state index in [1.54, 1.807) is 19.2 Å². The fourth-order valence-corrected chi connectivity index (χ4v) is 1.82. The minimum Gasteiger partial charge on any atom is -0.490 e. The maximum atomic E-state index is 12.2. The van der Waals surface area contributed by atoms with Gasteiger partial charge in [0.25, 0.3) is 5.91 Å². The molecule has 0 bridgehead atoms. The number of nitrogens with one attached hydrogen (secondary N) is 2. The fraction of sp³-hybridized carbons (Fsp3) is 0.467. The normalized spacial score (nSPS) is 10.4. The van der Waals surface area contributed by atoms with Crippen molar-refractivity contribution in [1.82, 2.24) is 10.6 Å². The summed E-state index contributed by atoms with van der Waals surface area (Å²) in [5, 5.41) is 5.57. The summed E-state index contributed by atoms with van der Waals surface area (Å²) in [6.45, 7) is 4.40. The van der Waals surface area contributed by atoms with Gasteiger partial charge in [0.15, 0.2) is 0 Å². The minimum absolute atomic E-state index is 0.0786. The number of rotatable bonds is 8. The van der Waals surface area contributed by atoms with E-state index in [4.69, 9.17) is 21.1 Å². The lowest BCUT2D eigenvalue weighted by atomic mass is 10.2. The van der Waals surface area contributed by atoms with E-state index in [-0.39, 0.29) is 18.6 Å². The van der Waals surface area contributed by atoms with Crippen molar-refractivity contribution in [2.45, 2.75) is 20.0 Å². The van der Waals surface area contributed by atoms with E-state index < -0.39 is 5.91 Å². The zero-order chi connectivity index (χ0) is 16.5.